The van der Waals surface area contributed by atoms with Gasteiger partial charge >= 0.3 is 0 Å². The zero-order chi connectivity index (χ0) is 14.4. The number of benzene rings is 2. The first kappa shape index (κ1) is 12.4. The molecule has 0 aliphatic carbocycles. The highest BCUT2D eigenvalue weighted by Gasteiger charge is 2.23. The molecule has 2 heterocycles. The third-order valence-corrected chi connectivity index (χ3v) is 4.52. The van der Waals surface area contributed by atoms with Gasteiger partial charge in [-0.1, -0.05) is 42.5 Å². The molecule has 0 saturated carbocycles. The van der Waals surface area contributed by atoms with E-state index in [-0.39, 0.29) is 0 Å². The van der Waals surface area contributed by atoms with Gasteiger partial charge in [0, 0.05) is 31.0 Å². The Morgan fingerprint density at radius 3 is 2.71 bits per heavy atom. The zero-order valence-electron chi connectivity index (χ0n) is 12.4. The molecule has 2 heteroatoms. The smallest absolute Gasteiger partial charge is 0.0510 e. The molecule has 0 amide bonds. The Bertz CT molecular complexity index is 831. The van der Waals surface area contributed by atoms with Gasteiger partial charge in [0.1, 0.15) is 0 Å². The molecule has 2 nitrogen and oxygen atoms in total. The van der Waals surface area contributed by atoms with Crippen molar-refractivity contribution in [2.24, 2.45) is 0 Å². The van der Waals surface area contributed by atoms with Gasteiger partial charge in [0.2, 0.25) is 0 Å². The van der Waals surface area contributed by atoms with E-state index in [1.54, 1.807) is 0 Å². The Balaban J connectivity index is 2.05. The van der Waals surface area contributed by atoms with Crippen LogP contribution in [0.15, 0.2) is 48.7 Å². The van der Waals surface area contributed by atoms with Crippen molar-refractivity contribution in [1.29, 1.82) is 0 Å². The first-order valence-electron chi connectivity index (χ1n) is 7.43. The molecule has 1 aliphatic rings. The summed E-state index contributed by atoms with van der Waals surface area (Å²) in [5.41, 5.74) is 6.47. The highest BCUT2D eigenvalue weighted by atomic mass is 15.1. The van der Waals surface area contributed by atoms with Crippen LogP contribution in [-0.4, -0.2) is 18.6 Å². The molecule has 21 heavy (non-hydrogen) atoms. The Labute approximate surface area is 125 Å². The maximum absolute atomic E-state index is 4.64. The molecule has 3 aromatic rings. The van der Waals surface area contributed by atoms with Crippen LogP contribution < -0.4 is 4.90 Å². The Hall–Kier alpha value is -2.35. The van der Waals surface area contributed by atoms with Crippen LogP contribution in [0, 0.1) is 6.92 Å². The number of nitrogens with zero attached hydrogens (tertiary/aromatic N) is 2. The van der Waals surface area contributed by atoms with Crippen LogP contribution in [0.4, 0.5) is 5.69 Å². The quantitative estimate of drug-likeness (QED) is 0.661. The maximum atomic E-state index is 4.64. The minimum absolute atomic E-state index is 1.08. The summed E-state index contributed by atoms with van der Waals surface area (Å²) in [5.74, 6) is 0. The lowest BCUT2D eigenvalue weighted by atomic mass is 9.96. The second kappa shape index (κ2) is 4.59. The Morgan fingerprint density at radius 2 is 1.81 bits per heavy atom. The lowest BCUT2D eigenvalue weighted by molar-refractivity contribution is 0.951. The van der Waals surface area contributed by atoms with E-state index in [2.05, 4.69) is 66.3 Å². The molecule has 1 aromatic heterocycles. The lowest BCUT2D eigenvalue weighted by Gasteiger charge is -2.18. The molecule has 0 N–H and O–H groups in total. The molecular formula is C19H18N2. The van der Waals surface area contributed by atoms with Crippen LogP contribution in [0.5, 0.6) is 0 Å². The monoisotopic (exact) mass is 274 g/mol. The summed E-state index contributed by atoms with van der Waals surface area (Å²) in [6.07, 6.45) is 3.14. The van der Waals surface area contributed by atoms with E-state index in [1.807, 2.05) is 6.20 Å². The van der Waals surface area contributed by atoms with E-state index in [0.717, 1.165) is 13.0 Å². The number of fused-ring (bicyclic) bond motifs is 2. The van der Waals surface area contributed by atoms with E-state index in [9.17, 15) is 0 Å². The first-order valence-corrected chi connectivity index (χ1v) is 7.43. The second-order valence-corrected chi connectivity index (χ2v) is 5.78. The van der Waals surface area contributed by atoms with Gasteiger partial charge in [-0.2, -0.15) is 0 Å². The Morgan fingerprint density at radius 1 is 1.00 bits per heavy atom. The molecule has 0 unspecified atom stereocenters. The molecule has 0 bridgehead atoms. The predicted octanol–water partition coefficient (Wildman–Crippen LogP) is 4.20. The van der Waals surface area contributed by atoms with E-state index in [0.29, 0.717) is 0 Å². The summed E-state index contributed by atoms with van der Waals surface area (Å²) >= 11 is 0. The molecular weight excluding hydrogens is 256 g/mol. The lowest BCUT2D eigenvalue weighted by Crippen LogP contribution is -2.13. The number of anilines is 1. The summed E-state index contributed by atoms with van der Waals surface area (Å²) in [7, 11) is 2.18. The summed E-state index contributed by atoms with van der Waals surface area (Å²) < 4.78 is 0. The average Bonchev–Trinajstić information content (AvgIpc) is 2.91. The van der Waals surface area contributed by atoms with E-state index < -0.39 is 0 Å². The summed E-state index contributed by atoms with van der Waals surface area (Å²) in [6.45, 7) is 3.20. The molecule has 4 rings (SSSR count). The number of aromatic nitrogens is 1. The number of hydrogen-bond donors (Lipinski definition) is 0. The number of aryl methyl sites for hydroxylation is 1. The summed E-state index contributed by atoms with van der Waals surface area (Å²) in [5, 5.41) is 2.58. The number of likely N-dealkylation sites (N-methyl/N-ethyl adjacent to an activating group) is 1. The van der Waals surface area contributed by atoms with Crippen molar-refractivity contribution in [2.45, 2.75) is 13.3 Å². The van der Waals surface area contributed by atoms with Crippen LogP contribution in [-0.2, 0) is 6.42 Å². The molecule has 0 saturated heterocycles. The topological polar surface area (TPSA) is 16.1 Å². The van der Waals surface area contributed by atoms with Crippen LogP contribution in [0.3, 0.4) is 0 Å². The Kier molecular flexibility index (Phi) is 2.71. The molecule has 0 spiro atoms. The van der Waals surface area contributed by atoms with Crippen molar-refractivity contribution < 1.29 is 0 Å². The second-order valence-electron chi connectivity index (χ2n) is 5.78. The van der Waals surface area contributed by atoms with Crippen molar-refractivity contribution >= 4 is 16.5 Å². The number of hydrogen-bond acceptors (Lipinski definition) is 2. The van der Waals surface area contributed by atoms with Gasteiger partial charge in [-0.3, -0.25) is 4.98 Å². The highest BCUT2D eigenvalue weighted by Crippen LogP contribution is 2.40. The fourth-order valence-electron chi connectivity index (χ4n) is 3.42. The number of pyridine rings is 1. The van der Waals surface area contributed by atoms with E-state index in [4.69, 9.17) is 0 Å². The van der Waals surface area contributed by atoms with Crippen molar-refractivity contribution in [3.63, 3.8) is 0 Å². The van der Waals surface area contributed by atoms with Gasteiger partial charge in [-0.25, -0.2) is 0 Å². The highest BCUT2D eigenvalue weighted by molar-refractivity contribution is 6.00. The minimum atomic E-state index is 1.08. The van der Waals surface area contributed by atoms with Crippen LogP contribution in [0.2, 0.25) is 0 Å². The average molecular weight is 274 g/mol. The zero-order valence-corrected chi connectivity index (χ0v) is 12.4. The predicted molar refractivity (Wildman–Crippen MR) is 88.9 cm³/mol. The minimum Gasteiger partial charge on any atom is -0.373 e. The molecule has 0 radical (unpaired) electrons. The fourth-order valence-corrected chi connectivity index (χ4v) is 3.42. The third kappa shape index (κ3) is 1.83. The maximum Gasteiger partial charge on any atom is 0.0510 e. The van der Waals surface area contributed by atoms with Crippen molar-refractivity contribution in [3.8, 4) is 11.1 Å². The van der Waals surface area contributed by atoms with Gasteiger partial charge in [0.25, 0.3) is 0 Å². The molecule has 0 atom stereocenters. The van der Waals surface area contributed by atoms with Gasteiger partial charge in [-0.15, -0.1) is 0 Å². The van der Waals surface area contributed by atoms with Crippen LogP contribution in [0.25, 0.3) is 21.9 Å². The van der Waals surface area contributed by atoms with E-state index >= 15 is 0 Å². The van der Waals surface area contributed by atoms with E-state index in [1.165, 1.54) is 38.8 Å². The van der Waals surface area contributed by atoms with Crippen molar-refractivity contribution in [1.82, 2.24) is 4.98 Å². The summed E-state index contributed by atoms with van der Waals surface area (Å²) in [6, 6.07) is 15.1. The van der Waals surface area contributed by atoms with Crippen LogP contribution >= 0.6 is 0 Å². The largest absolute Gasteiger partial charge is 0.373 e. The SMILES string of the molecule is Cc1ncc(-c2cccc3ccccc23)c2c1CCN2C. The normalized spacial score (nSPS) is 13.7. The molecule has 104 valence electrons. The number of rotatable bonds is 1. The van der Waals surface area contributed by atoms with Gasteiger partial charge in [0.15, 0.2) is 0 Å². The van der Waals surface area contributed by atoms with Crippen molar-refractivity contribution in [2.75, 3.05) is 18.5 Å². The standard InChI is InChI=1S/C19H18N2/c1-13-15-10-11-21(2)19(15)18(12-20-13)17-9-5-7-14-6-3-4-8-16(14)17/h3-9,12H,10-11H2,1-2H3. The molecule has 0 fully saturated rings. The fraction of sp³-hybridized carbons (Fsp3) is 0.211. The van der Waals surface area contributed by atoms with Gasteiger partial charge in [0.05, 0.1) is 5.69 Å². The van der Waals surface area contributed by atoms with Gasteiger partial charge in [-0.05, 0) is 35.2 Å². The summed E-state index contributed by atoms with van der Waals surface area (Å²) in [4.78, 5) is 7.00. The van der Waals surface area contributed by atoms with Crippen LogP contribution in [0.1, 0.15) is 11.3 Å². The molecule has 1 aliphatic heterocycles. The first-order chi connectivity index (χ1) is 10.3. The van der Waals surface area contributed by atoms with Crippen molar-refractivity contribution in [3.05, 3.63) is 59.9 Å². The third-order valence-electron chi connectivity index (χ3n) is 4.52. The molecule has 2 aromatic carbocycles. The van der Waals surface area contributed by atoms with Gasteiger partial charge < -0.3 is 4.90 Å².